The predicted octanol–water partition coefficient (Wildman–Crippen LogP) is -0.834. The van der Waals surface area contributed by atoms with E-state index in [1.54, 1.807) is 6.20 Å². The topological polar surface area (TPSA) is 62.5 Å². The van der Waals surface area contributed by atoms with Gasteiger partial charge in [-0.05, 0) is 6.07 Å². The maximum absolute atomic E-state index is 9.89. The van der Waals surface area contributed by atoms with Gasteiger partial charge >= 0.3 is 0 Å². The van der Waals surface area contributed by atoms with Crippen molar-refractivity contribution in [3.05, 3.63) is 18.5 Å². The number of aliphatic hydroxyl groups is 1. The highest BCUT2D eigenvalue weighted by Gasteiger charge is 2.14. The van der Waals surface area contributed by atoms with Crippen molar-refractivity contribution in [2.45, 2.75) is 12.6 Å². The Hall–Kier alpha value is -0.950. The van der Waals surface area contributed by atoms with Crippen LogP contribution in [0.1, 0.15) is 0 Å². The van der Waals surface area contributed by atoms with Gasteiger partial charge in [0.2, 0.25) is 0 Å². The molecule has 0 amide bonds. The summed E-state index contributed by atoms with van der Waals surface area (Å²) < 4.78 is 7.15. The Morgan fingerprint density at radius 3 is 2.94 bits per heavy atom. The molecule has 0 spiro atoms. The predicted molar refractivity (Wildman–Crippen MR) is 68.4 cm³/mol. The van der Waals surface area contributed by atoms with Crippen LogP contribution in [0.2, 0.25) is 0 Å². The minimum Gasteiger partial charge on any atom is -0.390 e. The van der Waals surface area contributed by atoms with Gasteiger partial charge in [-0.15, -0.1) is 0 Å². The summed E-state index contributed by atoms with van der Waals surface area (Å²) in [6.45, 7) is 6.39. The Kier molecular flexibility index (Phi) is 5.60. The first kappa shape index (κ1) is 13.5. The van der Waals surface area contributed by atoms with Crippen LogP contribution in [0, 0.1) is 0 Å². The summed E-state index contributed by atoms with van der Waals surface area (Å²) in [7, 11) is 0. The van der Waals surface area contributed by atoms with Crippen LogP contribution in [-0.2, 0) is 11.3 Å². The summed E-state index contributed by atoms with van der Waals surface area (Å²) >= 11 is 0. The van der Waals surface area contributed by atoms with Gasteiger partial charge in [-0.2, -0.15) is 5.10 Å². The van der Waals surface area contributed by atoms with Crippen LogP contribution >= 0.6 is 0 Å². The minimum absolute atomic E-state index is 0.319. The highest BCUT2D eigenvalue weighted by Crippen LogP contribution is 1.98. The molecule has 1 aliphatic rings. The Balaban J connectivity index is 1.52. The zero-order chi connectivity index (χ0) is 12.6. The van der Waals surface area contributed by atoms with Gasteiger partial charge in [0.1, 0.15) is 0 Å². The molecule has 1 fully saturated rings. The second kappa shape index (κ2) is 7.48. The molecular formula is C12H22N4O2. The van der Waals surface area contributed by atoms with Crippen molar-refractivity contribution in [2.24, 2.45) is 0 Å². The quantitative estimate of drug-likeness (QED) is 0.622. The van der Waals surface area contributed by atoms with Gasteiger partial charge in [-0.3, -0.25) is 9.58 Å². The van der Waals surface area contributed by atoms with Gasteiger partial charge in [0.25, 0.3) is 0 Å². The van der Waals surface area contributed by atoms with E-state index in [4.69, 9.17) is 4.74 Å². The zero-order valence-electron chi connectivity index (χ0n) is 10.7. The minimum atomic E-state index is -0.319. The molecule has 0 unspecified atom stereocenters. The van der Waals surface area contributed by atoms with Gasteiger partial charge in [0.15, 0.2) is 0 Å². The van der Waals surface area contributed by atoms with Crippen LogP contribution in [0.4, 0.5) is 0 Å². The summed E-state index contributed by atoms with van der Waals surface area (Å²) in [6, 6.07) is 1.91. The zero-order valence-corrected chi connectivity index (χ0v) is 10.7. The van der Waals surface area contributed by atoms with Crippen molar-refractivity contribution in [1.29, 1.82) is 0 Å². The molecule has 1 aromatic heterocycles. The molecule has 0 saturated carbocycles. The average molecular weight is 254 g/mol. The van der Waals surface area contributed by atoms with E-state index in [0.29, 0.717) is 6.54 Å². The van der Waals surface area contributed by atoms with Crippen LogP contribution in [-0.4, -0.2) is 71.8 Å². The lowest BCUT2D eigenvalue weighted by atomic mass is 10.3. The van der Waals surface area contributed by atoms with E-state index in [9.17, 15) is 5.11 Å². The van der Waals surface area contributed by atoms with Crippen molar-refractivity contribution in [1.82, 2.24) is 20.0 Å². The molecule has 0 radical (unpaired) electrons. The highest BCUT2D eigenvalue weighted by atomic mass is 16.5. The number of hydrogen-bond acceptors (Lipinski definition) is 5. The van der Waals surface area contributed by atoms with Gasteiger partial charge in [-0.1, -0.05) is 0 Å². The van der Waals surface area contributed by atoms with Crippen molar-refractivity contribution >= 4 is 0 Å². The van der Waals surface area contributed by atoms with Crippen molar-refractivity contribution in [2.75, 3.05) is 45.9 Å². The molecule has 0 bridgehead atoms. The lowest BCUT2D eigenvalue weighted by molar-refractivity contribution is 0.0149. The number of aliphatic hydroxyl groups excluding tert-OH is 1. The molecule has 1 saturated heterocycles. The van der Waals surface area contributed by atoms with E-state index in [-0.39, 0.29) is 6.10 Å². The molecule has 0 aliphatic carbocycles. The third-order valence-corrected chi connectivity index (χ3v) is 3.03. The molecule has 0 aromatic carbocycles. The van der Waals surface area contributed by atoms with Crippen LogP contribution in [0.15, 0.2) is 18.5 Å². The smallest absolute Gasteiger partial charge is 0.0791 e. The lowest BCUT2D eigenvalue weighted by Crippen LogP contribution is -2.44. The van der Waals surface area contributed by atoms with E-state index < -0.39 is 0 Å². The SMILES string of the molecule is O[C@@H](CNCCn1cccn1)CN1CCOCC1. The molecule has 2 rings (SSSR count). The largest absolute Gasteiger partial charge is 0.390 e. The van der Waals surface area contributed by atoms with E-state index >= 15 is 0 Å². The van der Waals surface area contributed by atoms with E-state index in [1.807, 2.05) is 16.9 Å². The fourth-order valence-corrected chi connectivity index (χ4v) is 2.04. The number of β-amino-alcohol motifs (C(OH)–C–C–N with tert-alkyl or cyclic N) is 1. The van der Waals surface area contributed by atoms with Crippen molar-refractivity contribution in [3.63, 3.8) is 0 Å². The number of morpholine rings is 1. The molecule has 2 heterocycles. The van der Waals surface area contributed by atoms with Crippen LogP contribution < -0.4 is 5.32 Å². The molecule has 2 N–H and O–H groups in total. The monoisotopic (exact) mass is 254 g/mol. The highest BCUT2D eigenvalue weighted by molar-refractivity contribution is 4.77. The maximum Gasteiger partial charge on any atom is 0.0791 e. The standard InChI is InChI=1S/C12H22N4O2/c17-12(11-15-6-8-18-9-7-15)10-13-3-5-16-4-1-2-14-16/h1-2,4,12-13,17H,3,5-11H2/t12-/m0/s1. The van der Waals surface area contributed by atoms with Crippen LogP contribution in [0.3, 0.4) is 0 Å². The van der Waals surface area contributed by atoms with Crippen LogP contribution in [0.25, 0.3) is 0 Å². The summed E-state index contributed by atoms with van der Waals surface area (Å²) in [5.41, 5.74) is 0. The van der Waals surface area contributed by atoms with Gasteiger partial charge < -0.3 is 15.2 Å². The Morgan fingerprint density at radius 2 is 2.22 bits per heavy atom. The van der Waals surface area contributed by atoms with Gasteiger partial charge in [0.05, 0.1) is 25.9 Å². The summed E-state index contributed by atoms with van der Waals surface area (Å²) in [5, 5.41) is 17.3. The molecule has 6 heteroatoms. The average Bonchev–Trinajstić information content (AvgIpc) is 2.89. The third-order valence-electron chi connectivity index (χ3n) is 3.03. The Bertz CT molecular complexity index is 312. The summed E-state index contributed by atoms with van der Waals surface area (Å²) in [4.78, 5) is 2.24. The molecule has 1 atom stereocenters. The number of nitrogens with zero attached hydrogens (tertiary/aromatic N) is 3. The van der Waals surface area contributed by atoms with E-state index in [0.717, 1.165) is 45.9 Å². The molecule has 1 aliphatic heterocycles. The number of ether oxygens (including phenoxy) is 1. The van der Waals surface area contributed by atoms with E-state index in [2.05, 4.69) is 15.3 Å². The van der Waals surface area contributed by atoms with Crippen molar-refractivity contribution in [3.8, 4) is 0 Å². The first-order chi connectivity index (χ1) is 8.84. The first-order valence-electron chi connectivity index (χ1n) is 6.51. The molecule has 18 heavy (non-hydrogen) atoms. The van der Waals surface area contributed by atoms with Gasteiger partial charge in [0, 0.05) is 45.1 Å². The first-order valence-corrected chi connectivity index (χ1v) is 6.51. The second-order valence-corrected chi connectivity index (χ2v) is 4.54. The summed E-state index contributed by atoms with van der Waals surface area (Å²) in [5.74, 6) is 0. The normalized spacial score (nSPS) is 18.9. The number of rotatable bonds is 7. The van der Waals surface area contributed by atoms with Crippen molar-refractivity contribution < 1.29 is 9.84 Å². The van der Waals surface area contributed by atoms with Crippen LogP contribution in [0.5, 0.6) is 0 Å². The second-order valence-electron chi connectivity index (χ2n) is 4.54. The van der Waals surface area contributed by atoms with Gasteiger partial charge in [-0.25, -0.2) is 0 Å². The Labute approximate surface area is 108 Å². The number of hydrogen-bond donors (Lipinski definition) is 2. The van der Waals surface area contributed by atoms with E-state index in [1.165, 1.54) is 0 Å². The lowest BCUT2D eigenvalue weighted by Gasteiger charge is -2.28. The number of nitrogens with one attached hydrogen (secondary N) is 1. The summed E-state index contributed by atoms with van der Waals surface area (Å²) in [6.07, 6.45) is 3.39. The fourth-order valence-electron chi connectivity index (χ4n) is 2.04. The molecule has 6 nitrogen and oxygen atoms in total. The fraction of sp³-hybridized carbons (Fsp3) is 0.750. The Morgan fingerprint density at radius 1 is 1.39 bits per heavy atom. The number of aromatic nitrogens is 2. The molecular weight excluding hydrogens is 232 g/mol. The molecule has 1 aromatic rings. The third kappa shape index (κ3) is 4.73. The maximum atomic E-state index is 9.89. The molecule has 102 valence electrons.